The second kappa shape index (κ2) is 5.57. The number of amides is 1. The number of para-hydroxylation sites is 2. The molecule has 1 unspecified atom stereocenters. The van der Waals surface area contributed by atoms with E-state index >= 15 is 0 Å². The Morgan fingerprint density at radius 1 is 1.33 bits per heavy atom. The minimum atomic E-state index is -0.436. The first kappa shape index (κ1) is 13.6. The van der Waals surface area contributed by atoms with E-state index in [0.717, 1.165) is 18.5 Å². The van der Waals surface area contributed by atoms with Crippen LogP contribution in [-0.2, 0) is 0 Å². The maximum absolute atomic E-state index is 12.4. The molecule has 1 saturated heterocycles. The van der Waals surface area contributed by atoms with E-state index in [1.54, 1.807) is 27.9 Å². The number of nitrogen functional groups attached to an aromatic ring is 1. The lowest BCUT2D eigenvalue weighted by molar-refractivity contribution is 0.0468. The molecule has 0 bridgehead atoms. The van der Waals surface area contributed by atoms with Gasteiger partial charge < -0.3 is 15.7 Å². The monoisotopic (exact) mass is 286 g/mol. The van der Waals surface area contributed by atoms with E-state index in [9.17, 15) is 9.90 Å². The Morgan fingerprint density at radius 2 is 2.14 bits per heavy atom. The highest BCUT2D eigenvalue weighted by Gasteiger charge is 2.24. The Labute approximate surface area is 122 Å². The zero-order valence-corrected chi connectivity index (χ0v) is 11.6. The number of β-amino-alcohol motifs (C(OH)–C–C–N with tert-alkyl or cyclic N) is 1. The molecule has 3 rings (SSSR count). The van der Waals surface area contributed by atoms with Gasteiger partial charge in [-0.05, 0) is 31.0 Å². The average Bonchev–Trinajstić information content (AvgIpc) is 2.96. The highest BCUT2D eigenvalue weighted by atomic mass is 16.3. The molecule has 0 radical (unpaired) electrons. The molecule has 3 N–H and O–H groups in total. The fourth-order valence-electron chi connectivity index (χ4n) is 2.57. The molecule has 0 spiro atoms. The number of aromatic nitrogens is 2. The molecule has 1 amide bonds. The van der Waals surface area contributed by atoms with Crippen LogP contribution in [0.15, 0.2) is 36.5 Å². The molecular weight excluding hydrogens is 268 g/mol. The number of nitrogens with two attached hydrogens (primary N) is 1. The van der Waals surface area contributed by atoms with Gasteiger partial charge in [0.25, 0.3) is 5.91 Å². The SMILES string of the molecule is Nc1ccccc1-n1ccc(C(=O)N2CCCC(O)C2)n1. The predicted octanol–water partition coefficient (Wildman–Crippen LogP) is 1.05. The van der Waals surface area contributed by atoms with Gasteiger partial charge in [0, 0.05) is 19.3 Å². The van der Waals surface area contributed by atoms with Crippen molar-refractivity contribution in [2.24, 2.45) is 0 Å². The lowest BCUT2D eigenvalue weighted by atomic mass is 10.1. The number of likely N-dealkylation sites (tertiary alicyclic amines) is 1. The average molecular weight is 286 g/mol. The number of piperidine rings is 1. The molecular formula is C15H18N4O2. The van der Waals surface area contributed by atoms with Crippen LogP contribution >= 0.6 is 0 Å². The van der Waals surface area contributed by atoms with Gasteiger partial charge in [-0.15, -0.1) is 0 Å². The molecule has 1 atom stereocenters. The zero-order chi connectivity index (χ0) is 14.8. The fraction of sp³-hybridized carbons (Fsp3) is 0.333. The van der Waals surface area contributed by atoms with E-state index in [2.05, 4.69) is 5.10 Å². The maximum atomic E-state index is 12.4. The normalized spacial score (nSPS) is 18.7. The summed E-state index contributed by atoms with van der Waals surface area (Å²) in [6.45, 7) is 1.04. The van der Waals surface area contributed by atoms with Crippen LogP contribution < -0.4 is 5.73 Å². The molecule has 6 nitrogen and oxygen atoms in total. The number of hydrogen-bond acceptors (Lipinski definition) is 4. The summed E-state index contributed by atoms with van der Waals surface area (Å²) in [4.78, 5) is 14.0. The third-order valence-corrected chi connectivity index (χ3v) is 3.68. The van der Waals surface area contributed by atoms with E-state index in [-0.39, 0.29) is 5.91 Å². The number of hydrogen-bond donors (Lipinski definition) is 2. The fourth-order valence-corrected chi connectivity index (χ4v) is 2.57. The number of aliphatic hydroxyl groups excluding tert-OH is 1. The van der Waals surface area contributed by atoms with Crippen molar-refractivity contribution in [3.05, 3.63) is 42.2 Å². The number of rotatable bonds is 2. The Balaban J connectivity index is 1.82. The van der Waals surface area contributed by atoms with Crippen LogP contribution in [0.2, 0.25) is 0 Å². The first-order valence-corrected chi connectivity index (χ1v) is 7.03. The molecule has 2 heterocycles. The highest BCUT2D eigenvalue weighted by Crippen LogP contribution is 2.17. The van der Waals surface area contributed by atoms with Crippen LogP contribution in [0.1, 0.15) is 23.3 Å². The van der Waals surface area contributed by atoms with Crippen LogP contribution in [0.5, 0.6) is 0 Å². The summed E-state index contributed by atoms with van der Waals surface area (Å²) in [5.74, 6) is -0.151. The van der Waals surface area contributed by atoms with Crippen molar-refractivity contribution in [2.45, 2.75) is 18.9 Å². The molecule has 21 heavy (non-hydrogen) atoms. The Kier molecular flexibility index (Phi) is 3.62. The van der Waals surface area contributed by atoms with Crippen molar-refractivity contribution in [1.82, 2.24) is 14.7 Å². The number of benzene rings is 1. The quantitative estimate of drug-likeness (QED) is 0.808. The molecule has 0 aliphatic carbocycles. The summed E-state index contributed by atoms with van der Waals surface area (Å²) < 4.78 is 1.60. The van der Waals surface area contributed by atoms with Crippen molar-refractivity contribution in [2.75, 3.05) is 18.8 Å². The van der Waals surface area contributed by atoms with Gasteiger partial charge in [0.2, 0.25) is 0 Å². The van der Waals surface area contributed by atoms with Crippen LogP contribution in [0.3, 0.4) is 0 Å². The number of carbonyl (C=O) groups excluding carboxylic acids is 1. The van der Waals surface area contributed by atoms with Crippen molar-refractivity contribution in [3.63, 3.8) is 0 Å². The Bertz CT molecular complexity index is 653. The van der Waals surface area contributed by atoms with Crippen LogP contribution in [0.4, 0.5) is 5.69 Å². The van der Waals surface area contributed by atoms with E-state index in [1.807, 2.05) is 18.2 Å². The third kappa shape index (κ3) is 2.75. The first-order chi connectivity index (χ1) is 10.1. The molecule has 2 aromatic rings. The Hall–Kier alpha value is -2.34. The van der Waals surface area contributed by atoms with Crippen LogP contribution in [0.25, 0.3) is 5.69 Å². The molecule has 0 saturated carbocycles. The standard InChI is InChI=1S/C15H18N4O2/c16-12-5-1-2-6-14(12)19-9-7-13(17-19)15(21)18-8-3-4-11(20)10-18/h1-2,5-7,9,11,20H,3-4,8,10,16H2. The molecule has 1 aromatic heterocycles. The summed E-state index contributed by atoms with van der Waals surface area (Å²) in [6, 6.07) is 9.04. The molecule has 1 aliphatic heterocycles. The smallest absolute Gasteiger partial charge is 0.274 e. The molecule has 1 aliphatic rings. The van der Waals surface area contributed by atoms with Gasteiger partial charge in [-0.3, -0.25) is 4.79 Å². The molecule has 1 fully saturated rings. The number of nitrogens with zero attached hydrogens (tertiary/aromatic N) is 3. The molecule has 6 heteroatoms. The molecule has 110 valence electrons. The number of carbonyl (C=O) groups is 1. The van der Waals surface area contributed by atoms with Crippen molar-refractivity contribution in [1.29, 1.82) is 0 Å². The van der Waals surface area contributed by atoms with Gasteiger partial charge in [0.1, 0.15) is 0 Å². The third-order valence-electron chi connectivity index (χ3n) is 3.68. The lowest BCUT2D eigenvalue weighted by Crippen LogP contribution is -2.42. The van der Waals surface area contributed by atoms with E-state index in [4.69, 9.17) is 5.73 Å². The van der Waals surface area contributed by atoms with Gasteiger partial charge in [-0.2, -0.15) is 5.10 Å². The van der Waals surface area contributed by atoms with Gasteiger partial charge in [-0.25, -0.2) is 4.68 Å². The van der Waals surface area contributed by atoms with Gasteiger partial charge >= 0.3 is 0 Å². The number of anilines is 1. The Morgan fingerprint density at radius 3 is 2.90 bits per heavy atom. The van der Waals surface area contributed by atoms with Crippen LogP contribution in [0, 0.1) is 0 Å². The maximum Gasteiger partial charge on any atom is 0.274 e. The van der Waals surface area contributed by atoms with E-state index in [0.29, 0.717) is 24.5 Å². The van der Waals surface area contributed by atoms with Gasteiger partial charge in [-0.1, -0.05) is 12.1 Å². The minimum Gasteiger partial charge on any atom is -0.397 e. The second-order valence-corrected chi connectivity index (χ2v) is 5.25. The minimum absolute atomic E-state index is 0.151. The largest absolute Gasteiger partial charge is 0.397 e. The van der Waals surface area contributed by atoms with E-state index < -0.39 is 6.10 Å². The molecule has 1 aromatic carbocycles. The number of aliphatic hydroxyl groups is 1. The highest BCUT2D eigenvalue weighted by molar-refractivity contribution is 5.92. The summed E-state index contributed by atoms with van der Waals surface area (Å²) in [5, 5.41) is 14.0. The van der Waals surface area contributed by atoms with Crippen molar-refractivity contribution >= 4 is 11.6 Å². The summed E-state index contributed by atoms with van der Waals surface area (Å²) in [5.41, 5.74) is 7.63. The van der Waals surface area contributed by atoms with Crippen LogP contribution in [-0.4, -0.2) is 44.9 Å². The van der Waals surface area contributed by atoms with Gasteiger partial charge in [0.05, 0.1) is 17.5 Å². The summed E-state index contributed by atoms with van der Waals surface area (Å²) in [7, 11) is 0. The van der Waals surface area contributed by atoms with Crippen molar-refractivity contribution in [3.8, 4) is 5.69 Å². The van der Waals surface area contributed by atoms with Crippen molar-refractivity contribution < 1.29 is 9.90 Å². The van der Waals surface area contributed by atoms with Gasteiger partial charge in [0.15, 0.2) is 5.69 Å². The first-order valence-electron chi connectivity index (χ1n) is 7.03. The topological polar surface area (TPSA) is 84.4 Å². The predicted molar refractivity (Wildman–Crippen MR) is 79.1 cm³/mol. The summed E-state index contributed by atoms with van der Waals surface area (Å²) >= 11 is 0. The van der Waals surface area contributed by atoms with E-state index in [1.165, 1.54) is 0 Å². The second-order valence-electron chi connectivity index (χ2n) is 5.25. The zero-order valence-electron chi connectivity index (χ0n) is 11.6. The summed E-state index contributed by atoms with van der Waals surface area (Å²) in [6.07, 6.45) is 2.85. The lowest BCUT2D eigenvalue weighted by Gasteiger charge is -2.29.